The summed E-state index contributed by atoms with van der Waals surface area (Å²) in [6.07, 6.45) is 2.10. The number of hydrogen-bond acceptors (Lipinski definition) is 4. The highest BCUT2D eigenvalue weighted by atomic mass is 16.5. The lowest BCUT2D eigenvalue weighted by Crippen LogP contribution is -2.56. The van der Waals surface area contributed by atoms with Crippen LogP contribution in [0.4, 0.5) is 4.79 Å². The highest BCUT2D eigenvalue weighted by Crippen LogP contribution is 2.44. The predicted octanol–water partition coefficient (Wildman–Crippen LogP) is 4.45. The highest BCUT2D eigenvalue weighted by molar-refractivity contribution is 5.87. The summed E-state index contributed by atoms with van der Waals surface area (Å²) in [5, 5.41) is 14.9. The van der Waals surface area contributed by atoms with Crippen molar-refractivity contribution in [3.8, 4) is 11.1 Å². The van der Waals surface area contributed by atoms with Gasteiger partial charge in [-0.3, -0.25) is 9.59 Å². The molecule has 0 saturated heterocycles. The molecule has 2 aromatic rings. The summed E-state index contributed by atoms with van der Waals surface area (Å²) >= 11 is 0. The lowest BCUT2D eigenvalue weighted by Gasteiger charge is -2.31. The topological polar surface area (TPSA) is 105 Å². The van der Waals surface area contributed by atoms with Gasteiger partial charge in [0.15, 0.2) is 0 Å². The van der Waals surface area contributed by atoms with Crippen LogP contribution in [-0.2, 0) is 14.3 Å². The van der Waals surface area contributed by atoms with E-state index < -0.39 is 23.6 Å². The van der Waals surface area contributed by atoms with Gasteiger partial charge >= 0.3 is 12.1 Å². The van der Waals surface area contributed by atoms with E-state index in [2.05, 4.69) is 34.9 Å². The molecule has 3 N–H and O–H groups in total. The van der Waals surface area contributed by atoms with Crippen LogP contribution in [0.2, 0.25) is 0 Å². The normalized spacial score (nSPS) is 17.1. The van der Waals surface area contributed by atoms with Gasteiger partial charge in [-0.25, -0.2) is 4.79 Å². The number of amides is 2. The third-order valence-electron chi connectivity index (χ3n) is 6.94. The highest BCUT2D eigenvalue weighted by Gasteiger charge is 2.45. The van der Waals surface area contributed by atoms with E-state index in [4.69, 9.17) is 4.74 Å². The Balaban J connectivity index is 1.40. The first-order chi connectivity index (χ1) is 16.3. The largest absolute Gasteiger partial charge is 0.481 e. The number of hydrogen-bond donors (Lipinski definition) is 3. The molecule has 1 unspecified atom stereocenters. The first-order valence-electron chi connectivity index (χ1n) is 12.0. The van der Waals surface area contributed by atoms with Crippen LogP contribution in [0.15, 0.2) is 48.5 Å². The third kappa shape index (κ3) is 5.08. The SMILES string of the molecule is CCC[C@@H](NC(=O)OCC1c2ccccc2-c2ccccc21)C(=O)NC(C)(CC(=O)O)C1CC1. The number of nitrogens with one attached hydrogen (secondary N) is 2. The first kappa shape index (κ1) is 23.8. The molecule has 2 aliphatic rings. The van der Waals surface area contributed by atoms with Crippen LogP contribution in [-0.4, -0.2) is 41.3 Å². The van der Waals surface area contributed by atoms with Crippen LogP contribution < -0.4 is 10.6 Å². The Labute approximate surface area is 199 Å². The zero-order chi connectivity index (χ0) is 24.3. The molecule has 4 rings (SSSR count). The summed E-state index contributed by atoms with van der Waals surface area (Å²) in [5.74, 6) is -1.24. The molecule has 1 fully saturated rings. The number of benzene rings is 2. The van der Waals surface area contributed by atoms with Crippen molar-refractivity contribution < 1.29 is 24.2 Å². The number of carbonyl (C=O) groups excluding carboxylic acids is 2. The molecule has 2 aliphatic carbocycles. The zero-order valence-electron chi connectivity index (χ0n) is 19.7. The number of alkyl carbamates (subject to hydrolysis) is 1. The molecule has 34 heavy (non-hydrogen) atoms. The average molecular weight is 465 g/mol. The fraction of sp³-hybridized carbons (Fsp3) is 0.444. The van der Waals surface area contributed by atoms with Crippen molar-refractivity contribution in [2.75, 3.05) is 6.61 Å². The molecule has 180 valence electrons. The Morgan fingerprint density at radius 3 is 2.18 bits per heavy atom. The van der Waals surface area contributed by atoms with E-state index in [1.807, 2.05) is 31.2 Å². The van der Waals surface area contributed by atoms with Crippen LogP contribution in [0.25, 0.3) is 11.1 Å². The maximum Gasteiger partial charge on any atom is 0.407 e. The lowest BCUT2D eigenvalue weighted by atomic mass is 9.91. The fourth-order valence-corrected chi connectivity index (χ4v) is 5.03. The van der Waals surface area contributed by atoms with Gasteiger partial charge in [0.25, 0.3) is 0 Å². The summed E-state index contributed by atoms with van der Waals surface area (Å²) in [7, 11) is 0. The molecule has 0 heterocycles. The minimum atomic E-state index is -0.953. The predicted molar refractivity (Wildman–Crippen MR) is 128 cm³/mol. The molecule has 7 nitrogen and oxygen atoms in total. The second-order valence-electron chi connectivity index (χ2n) is 9.56. The second kappa shape index (κ2) is 9.87. The molecular formula is C27H32N2O5. The maximum absolute atomic E-state index is 13.0. The van der Waals surface area contributed by atoms with Gasteiger partial charge in [0.2, 0.25) is 5.91 Å². The minimum Gasteiger partial charge on any atom is -0.481 e. The quantitative estimate of drug-likeness (QED) is 0.482. The van der Waals surface area contributed by atoms with Crippen LogP contribution in [0.5, 0.6) is 0 Å². The maximum atomic E-state index is 13.0. The number of carboxylic acids is 1. The zero-order valence-corrected chi connectivity index (χ0v) is 19.7. The molecule has 0 bridgehead atoms. The van der Waals surface area contributed by atoms with E-state index in [9.17, 15) is 19.5 Å². The number of carbonyl (C=O) groups is 3. The number of carboxylic acid groups (broad SMARTS) is 1. The van der Waals surface area contributed by atoms with Gasteiger partial charge in [0.05, 0.1) is 12.0 Å². The Hall–Kier alpha value is -3.35. The van der Waals surface area contributed by atoms with Gasteiger partial charge in [0.1, 0.15) is 12.6 Å². The summed E-state index contributed by atoms with van der Waals surface area (Å²) in [6.45, 7) is 3.86. The van der Waals surface area contributed by atoms with Gasteiger partial charge in [-0.2, -0.15) is 0 Å². The molecule has 2 aromatic carbocycles. The molecule has 0 radical (unpaired) electrons. The summed E-state index contributed by atoms with van der Waals surface area (Å²) in [6, 6.07) is 15.4. The molecule has 2 amide bonds. The van der Waals surface area contributed by atoms with Crippen LogP contribution in [0.3, 0.4) is 0 Å². The first-order valence-corrected chi connectivity index (χ1v) is 12.0. The van der Waals surface area contributed by atoms with E-state index >= 15 is 0 Å². The number of fused-ring (bicyclic) bond motifs is 3. The van der Waals surface area contributed by atoms with Crippen LogP contribution in [0, 0.1) is 5.92 Å². The monoisotopic (exact) mass is 464 g/mol. The smallest absolute Gasteiger partial charge is 0.407 e. The molecule has 1 saturated carbocycles. The van der Waals surface area contributed by atoms with E-state index in [1.54, 1.807) is 6.92 Å². The van der Waals surface area contributed by atoms with Crippen molar-refractivity contribution in [1.82, 2.24) is 10.6 Å². The number of ether oxygens (including phenoxy) is 1. The van der Waals surface area contributed by atoms with E-state index in [0.717, 1.165) is 35.1 Å². The van der Waals surface area contributed by atoms with Crippen molar-refractivity contribution in [1.29, 1.82) is 0 Å². The Kier molecular flexibility index (Phi) is 6.91. The van der Waals surface area contributed by atoms with E-state index in [-0.39, 0.29) is 30.8 Å². The molecule has 7 heteroatoms. The Bertz CT molecular complexity index is 1030. The van der Waals surface area contributed by atoms with Gasteiger partial charge in [0, 0.05) is 5.92 Å². The number of aliphatic carboxylic acids is 1. The third-order valence-corrected chi connectivity index (χ3v) is 6.94. The molecule has 0 aromatic heterocycles. The Morgan fingerprint density at radius 2 is 1.65 bits per heavy atom. The second-order valence-corrected chi connectivity index (χ2v) is 9.56. The summed E-state index contributed by atoms with van der Waals surface area (Å²) < 4.78 is 5.60. The minimum absolute atomic E-state index is 0.0645. The average Bonchev–Trinajstić information content (AvgIpc) is 3.61. The van der Waals surface area contributed by atoms with Crippen molar-refractivity contribution in [3.05, 3.63) is 59.7 Å². The van der Waals surface area contributed by atoms with Gasteiger partial charge in [-0.15, -0.1) is 0 Å². The molecule has 2 atom stereocenters. The van der Waals surface area contributed by atoms with E-state index in [0.29, 0.717) is 12.8 Å². The van der Waals surface area contributed by atoms with Gasteiger partial charge < -0.3 is 20.5 Å². The summed E-state index contributed by atoms with van der Waals surface area (Å²) in [5.41, 5.74) is 3.71. The van der Waals surface area contributed by atoms with Gasteiger partial charge in [-0.05, 0) is 54.4 Å². The lowest BCUT2D eigenvalue weighted by molar-refractivity contribution is -0.139. The molecule has 0 spiro atoms. The number of rotatable bonds is 10. The van der Waals surface area contributed by atoms with Gasteiger partial charge in [-0.1, -0.05) is 61.9 Å². The van der Waals surface area contributed by atoms with E-state index in [1.165, 1.54) is 0 Å². The van der Waals surface area contributed by atoms with Crippen molar-refractivity contribution >= 4 is 18.0 Å². The van der Waals surface area contributed by atoms with Crippen LogP contribution in [0.1, 0.15) is 63.0 Å². The van der Waals surface area contributed by atoms with Crippen molar-refractivity contribution in [3.63, 3.8) is 0 Å². The summed E-state index contributed by atoms with van der Waals surface area (Å²) in [4.78, 5) is 37.1. The molecular weight excluding hydrogens is 432 g/mol. The molecule has 0 aliphatic heterocycles. The standard InChI is InChI=1S/C27H32N2O5/c1-3-8-23(25(32)29-27(2,15-24(30)31)17-13-14-17)28-26(33)34-16-22-20-11-6-4-9-18(20)19-10-5-7-12-21(19)22/h4-7,9-12,17,22-23H,3,8,13-16H2,1-2H3,(H,28,33)(H,29,32)(H,30,31)/t23-,27?/m1/s1. The van der Waals surface area contributed by atoms with Crippen molar-refractivity contribution in [2.24, 2.45) is 5.92 Å². The van der Waals surface area contributed by atoms with Crippen LogP contribution >= 0.6 is 0 Å². The van der Waals surface area contributed by atoms with Crippen molar-refractivity contribution in [2.45, 2.75) is 63.5 Å². The fourth-order valence-electron chi connectivity index (χ4n) is 5.03. The Morgan fingerprint density at radius 1 is 1.06 bits per heavy atom.